The second kappa shape index (κ2) is 7.38. The molecule has 0 aliphatic rings. The predicted octanol–water partition coefficient (Wildman–Crippen LogP) is 3.93. The molecule has 0 aliphatic carbocycles. The molecule has 0 saturated heterocycles. The molecule has 0 unspecified atom stereocenters. The Morgan fingerprint density at radius 2 is 1.95 bits per heavy atom. The zero-order chi connectivity index (χ0) is 15.2. The molecule has 0 bridgehead atoms. The molecule has 0 spiro atoms. The number of methoxy groups -OCH3 is 1. The number of nitrogens with two attached hydrogens (primary N) is 1. The van der Waals surface area contributed by atoms with Crippen LogP contribution in [0.4, 0.5) is 5.69 Å². The number of carbonyl (C=O) groups excluding carboxylic acids is 1. The molecular formula is C16H16ClNO2S. The van der Waals surface area contributed by atoms with Crippen molar-refractivity contribution in [3.63, 3.8) is 0 Å². The van der Waals surface area contributed by atoms with Gasteiger partial charge in [0.15, 0.2) is 0 Å². The normalized spacial score (nSPS) is 10.4. The standard InChI is InChI=1S/C16H16ClNO2S/c1-20-16(19)8-11-4-2-3-5-12(11)10-21-15-7-6-13(17)9-14(15)18/h2-7,9H,8,10,18H2,1H3. The van der Waals surface area contributed by atoms with E-state index >= 15 is 0 Å². The zero-order valence-corrected chi connectivity index (χ0v) is 13.2. The summed E-state index contributed by atoms with van der Waals surface area (Å²) in [6.07, 6.45) is 0.281. The number of rotatable bonds is 5. The van der Waals surface area contributed by atoms with Crippen LogP contribution >= 0.6 is 23.4 Å². The van der Waals surface area contributed by atoms with E-state index < -0.39 is 0 Å². The fraction of sp³-hybridized carbons (Fsp3) is 0.188. The molecule has 21 heavy (non-hydrogen) atoms. The third kappa shape index (κ3) is 4.41. The second-order valence-electron chi connectivity index (χ2n) is 4.49. The molecule has 0 aromatic heterocycles. The molecule has 0 amide bonds. The first-order valence-corrected chi connectivity index (χ1v) is 7.78. The van der Waals surface area contributed by atoms with Crippen LogP contribution in [0.1, 0.15) is 11.1 Å². The van der Waals surface area contributed by atoms with E-state index in [2.05, 4.69) is 0 Å². The van der Waals surface area contributed by atoms with Gasteiger partial charge in [0.25, 0.3) is 0 Å². The maximum Gasteiger partial charge on any atom is 0.309 e. The van der Waals surface area contributed by atoms with E-state index in [1.807, 2.05) is 36.4 Å². The Kier molecular flexibility index (Phi) is 5.53. The molecule has 0 heterocycles. The monoisotopic (exact) mass is 321 g/mol. The van der Waals surface area contributed by atoms with E-state index in [-0.39, 0.29) is 12.4 Å². The molecule has 2 aromatic carbocycles. The number of esters is 1. The van der Waals surface area contributed by atoms with Crippen molar-refractivity contribution in [1.29, 1.82) is 0 Å². The molecule has 110 valence electrons. The van der Waals surface area contributed by atoms with Crippen LogP contribution in [0.5, 0.6) is 0 Å². The molecule has 0 saturated carbocycles. The zero-order valence-electron chi connectivity index (χ0n) is 11.6. The van der Waals surface area contributed by atoms with E-state index in [1.165, 1.54) is 7.11 Å². The average Bonchev–Trinajstić information content (AvgIpc) is 2.47. The molecule has 2 rings (SSSR count). The quantitative estimate of drug-likeness (QED) is 0.515. The fourth-order valence-corrected chi connectivity index (χ4v) is 3.07. The lowest BCUT2D eigenvalue weighted by Gasteiger charge is -2.10. The maximum absolute atomic E-state index is 11.4. The number of nitrogen functional groups attached to an aromatic ring is 1. The largest absolute Gasteiger partial charge is 0.469 e. The Hall–Kier alpha value is -1.65. The van der Waals surface area contributed by atoms with Crippen LogP contribution < -0.4 is 5.73 Å². The van der Waals surface area contributed by atoms with E-state index in [4.69, 9.17) is 22.1 Å². The van der Waals surface area contributed by atoms with Gasteiger partial charge in [-0.2, -0.15) is 0 Å². The number of anilines is 1. The highest BCUT2D eigenvalue weighted by atomic mass is 35.5. The van der Waals surface area contributed by atoms with Crippen LogP contribution in [0.25, 0.3) is 0 Å². The lowest BCUT2D eigenvalue weighted by Crippen LogP contribution is -2.06. The SMILES string of the molecule is COC(=O)Cc1ccccc1CSc1ccc(Cl)cc1N. The summed E-state index contributed by atoms with van der Waals surface area (Å²) in [4.78, 5) is 12.4. The van der Waals surface area contributed by atoms with Gasteiger partial charge in [-0.05, 0) is 29.3 Å². The highest BCUT2D eigenvalue weighted by Gasteiger charge is 2.09. The third-order valence-corrected chi connectivity index (χ3v) is 4.41. The Morgan fingerprint density at radius 1 is 1.24 bits per heavy atom. The molecule has 5 heteroatoms. The van der Waals surface area contributed by atoms with Crippen molar-refractivity contribution < 1.29 is 9.53 Å². The summed E-state index contributed by atoms with van der Waals surface area (Å²) >= 11 is 7.51. The van der Waals surface area contributed by atoms with Crippen LogP contribution in [-0.2, 0) is 21.7 Å². The van der Waals surface area contributed by atoms with Gasteiger partial charge in [0.2, 0.25) is 0 Å². The highest BCUT2D eigenvalue weighted by molar-refractivity contribution is 7.98. The van der Waals surface area contributed by atoms with Gasteiger partial charge in [0.1, 0.15) is 0 Å². The Labute approximate surface area is 133 Å². The van der Waals surface area contributed by atoms with Crippen molar-refractivity contribution in [3.05, 3.63) is 58.6 Å². The predicted molar refractivity (Wildman–Crippen MR) is 87.6 cm³/mol. The number of halogens is 1. The summed E-state index contributed by atoms with van der Waals surface area (Å²) in [5, 5.41) is 0.628. The average molecular weight is 322 g/mol. The molecule has 2 N–H and O–H groups in total. The molecule has 0 atom stereocenters. The third-order valence-electron chi connectivity index (χ3n) is 3.04. The molecule has 3 nitrogen and oxygen atoms in total. The van der Waals surface area contributed by atoms with Crippen LogP contribution in [0.2, 0.25) is 5.02 Å². The van der Waals surface area contributed by atoms with Crippen molar-refractivity contribution in [2.45, 2.75) is 17.1 Å². The van der Waals surface area contributed by atoms with Crippen LogP contribution in [0, 0.1) is 0 Å². The number of hydrogen-bond acceptors (Lipinski definition) is 4. The first kappa shape index (κ1) is 15.7. The number of carbonyl (C=O) groups is 1. The minimum atomic E-state index is -0.238. The van der Waals surface area contributed by atoms with Gasteiger partial charge in [-0.15, -0.1) is 11.8 Å². The summed E-state index contributed by atoms with van der Waals surface area (Å²) in [5.74, 6) is 0.498. The summed E-state index contributed by atoms with van der Waals surface area (Å²) in [5.41, 5.74) is 8.69. The van der Waals surface area contributed by atoms with E-state index in [0.717, 1.165) is 21.8 Å². The lowest BCUT2D eigenvalue weighted by molar-refractivity contribution is -0.139. The topological polar surface area (TPSA) is 52.3 Å². The van der Waals surface area contributed by atoms with Gasteiger partial charge in [-0.25, -0.2) is 0 Å². The molecular weight excluding hydrogens is 306 g/mol. The van der Waals surface area contributed by atoms with Crippen LogP contribution in [0.15, 0.2) is 47.4 Å². The van der Waals surface area contributed by atoms with E-state index in [1.54, 1.807) is 17.8 Å². The second-order valence-corrected chi connectivity index (χ2v) is 5.95. The summed E-state index contributed by atoms with van der Waals surface area (Å²) in [7, 11) is 1.40. The fourth-order valence-electron chi connectivity index (χ4n) is 1.90. The molecule has 0 radical (unpaired) electrons. The van der Waals surface area contributed by atoms with Gasteiger partial charge in [-0.3, -0.25) is 4.79 Å². The van der Waals surface area contributed by atoms with E-state index in [9.17, 15) is 4.79 Å². The van der Waals surface area contributed by atoms with Gasteiger partial charge in [-0.1, -0.05) is 35.9 Å². The number of hydrogen-bond donors (Lipinski definition) is 1. The molecule has 0 fully saturated rings. The Morgan fingerprint density at radius 3 is 2.62 bits per heavy atom. The van der Waals surface area contributed by atoms with Gasteiger partial charge >= 0.3 is 5.97 Å². The van der Waals surface area contributed by atoms with Gasteiger partial charge < -0.3 is 10.5 Å². The smallest absolute Gasteiger partial charge is 0.309 e. The highest BCUT2D eigenvalue weighted by Crippen LogP contribution is 2.31. The maximum atomic E-state index is 11.4. The Balaban J connectivity index is 2.11. The summed E-state index contributed by atoms with van der Waals surface area (Å²) < 4.78 is 4.72. The molecule has 2 aromatic rings. The van der Waals surface area contributed by atoms with Crippen LogP contribution in [0.3, 0.4) is 0 Å². The van der Waals surface area contributed by atoms with Crippen molar-refractivity contribution in [2.75, 3.05) is 12.8 Å². The van der Waals surface area contributed by atoms with Crippen molar-refractivity contribution in [2.24, 2.45) is 0 Å². The minimum Gasteiger partial charge on any atom is -0.469 e. The Bertz CT molecular complexity index is 646. The minimum absolute atomic E-state index is 0.238. The lowest BCUT2D eigenvalue weighted by atomic mass is 10.1. The van der Waals surface area contributed by atoms with Gasteiger partial charge in [0, 0.05) is 21.4 Å². The van der Waals surface area contributed by atoms with Crippen molar-refractivity contribution >= 4 is 35.0 Å². The molecule has 0 aliphatic heterocycles. The summed E-state index contributed by atoms with van der Waals surface area (Å²) in [6.45, 7) is 0. The van der Waals surface area contributed by atoms with Gasteiger partial charge in [0.05, 0.1) is 13.5 Å². The number of ether oxygens (including phenoxy) is 1. The number of thioether (sulfide) groups is 1. The number of benzene rings is 2. The summed E-state index contributed by atoms with van der Waals surface area (Å²) in [6, 6.07) is 13.3. The van der Waals surface area contributed by atoms with Crippen molar-refractivity contribution in [3.8, 4) is 0 Å². The first-order chi connectivity index (χ1) is 10.1. The van der Waals surface area contributed by atoms with Crippen LogP contribution in [-0.4, -0.2) is 13.1 Å². The first-order valence-electron chi connectivity index (χ1n) is 6.41. The van der Waals surface area contributed by atoms with E-state index in [0.29, 0.717) is 10.7 Å². The van der Waals surface area contributed by atoms with Crippen molar-refractivity contribution in [1.82, 2.24) is 0 Å².